The molecule has 3 nitrogen and oxygen atoms in total. The van der Waals surface area contributed by atoms with Gasteiger partial charge in [-0.3, -0.25) is 4.79 Å². The number of hydrogen-bond acceptors (Lipinski definition) is 2. The molecule has 0 saturated heterocycles. The van der Waals surface area contributed by atoms with E-state index in [2.05, 4.69) is 0 Å². The van der Waals surface area contributed by atoms with E-state index in [9.17, 15) is 4.79 Å². The molecule has 0 aromatic heterocycles. The number of aliphatic carboxylic acids is 1. The lowest BCUT2D eigenvalue weighted by molar-refractivity contribution is -0.139. The second kappa shape index (κ2) is 3.90. The summed E-state index contributed by atoms with van der Waals surface area (Å²) < 4.78 is 0. The fraction of sp³-hybridized carbons (Fsp3) is 0.889. The normalized spacial score (nSPS) is 14.8. The third kappa shape index (κ3) is 3.72. The molecule has 0 aliphatic heterocycles. The maximum absolute atomic E-state index is 10.5. The zero-order chi connectivity index (χ0) is 9.94. The molecule has 0 aliphatic carbocycles. The van der Waals surface area contributed by atoms with Crippen molar-refractivity contribution in [3.63, 3.8) is 0 Å². The molecule has 0 aromatic carbocycles. The summed E-state index contributed by atoms with van der Waals surface area (Å²) >= 11 is 0. The van der Waals surface area contributed by atoms with Crippen molar-refractivity contribution in [2.45, 2.75) is 39.7 Å². The number of nitrogens with two attached hydrogens (primary N) is 1. The Balaban J connectivity index is 4.35. The van der Waals surface area contributed by atoms with Crippen molar-refractivity contribution >= 4 is 5.97 Å². The van der Waals surface area contributed by atoms with Crippen LogP contribution < -0.4 is 5.73 Å². The molecule has 0 spiro atoms. The van der Waals surface area contributed by atoms with E-state index in [-0.39, 0.29) is 12.3 Å². The molecule has 0 fully saturated rings. The summed E-state index contributed by atoms with van der Waals surface area (Å²) in [6.45, 7) is 7.76. The second-order valence-corrected chi connectivity index (χ2v) is 4.27. The molecular formula is C9H19NO2. The molecule has 0 bridgehead atoms. The Morgan fingerprint density at radius 1 is 1.50 bits per heavy atom. The lowest BCUT2D eigenvalue weighted by Crippen LogP contribution is -2.44. The van der Waals surface area contributed by atoms with Gasteiger partial charge in [-0.15, -0.1) is 0 Å². The van der Waals surface area contributed by atoms with E-state index in [1.807, 2.05) is 27.7 Å². The number of carbonyl (C=O) groups is 1. The standard InChI is InChI=1S/C9H19NO2/c1-6(2)7(5-8(11)12)9(3,4)10/h6-7H,5,10H2,1-4H3,(H,11,12). The number of carboxylic acid groups (broad SMARTS) is 1. The van der Waals surface area contributed by atoms with Crippen LogP contribution in [0.5, 0.6) is 0 Å². The van der Waals surface area contributed by atoms with Gasteiger partial charge in [0.1, 0.15) is 0 Å². The summed E-state index contributed by atoms with van der Waals surface area (Å²) in [5.41, 5.74) is 5.46. The first-order valence-corrected chi connectivity index (χ1v) is 4.25. The third-order valence-corrected chi connectivity index (χ3v) is 2.15. The van der Waals surface area contributed by atoms with Crippen LogP contribution in [0.3, 0.4) is 0 Å². The zero-order valence-corrected chi connectivity index (χ0v) is 8.29. The van der Waals surface area contributed by atoms with Crippen LogP contribution >= 0.6 is 0 Å². The number of carboxylic acids is 1. The maximum Gasteiger partial charge on any atom is 0.303 e. The van der Waals surface area contributed by atoms with E-state index in [1.54, 1.807) is 0 Å². The molecule has 0 amide bonds. The average Bonchev–Trinajstić information content (AvgIpc) is 1.79. The van der Waals surface area contributed by atoms with E-state index in [0.717, 1.165) is 0 Å². The van der Waals surface area contributed by atoms with Gasteiger partial charge < -0.3 is 10.8 Å². The fourth-order valence-electron chi connectivity index (χ4n) is 1.55. The molecular weight excluding hydrogens is 154 g/mol. The van der Waals surface area contributed by atoms with Crippen LogP contribution in [0.15, 0.2) is 0 Å². The van der Waals surface area contributed by atoms with Gasteiger partial charge in [0.05, 0.1) is 6.42 Å². The molecule has 3 heteroatoms. The van der Waals surface area contributed by atoms with Gasteiger partial charge in [-0.25, -0.2) is 0 Å². The summed E-state index contributed by atoms with van der Waals surface area (Å²) in [5, 5.41) is 8.64. The fourth-order valence-corrected chi connectivity index (χ4v) is 1.55. The minimum absolute atomic E-state index is 0.0370. The molecule has 0 aliphatic rings. The highest BCUT2D eigenvalue weighted by atomic mass is 16.4. The Morgan fingerprint density at radius 3 is 2.00 bits per heavy atom. The Morgan fingerprint density at radius 2 is 1.92 bits per heavy atom. The minimum atomic E-state index is -0.771. The molecule has 1 unspecified atom stereocenters. The van der Waals surface area contributed by atoms with Gasteiger partial charge in [0.15, 0.2) is 0 Å². The van der Waals surface area contributed by atoms with Crippen LogP contribution in [-0.2, 0) is 4.79 Å². The SMILES string of the molecule is CC(C)C(CC(=O)O)C(C)(C)N. The summed E-state index contributed by atoms with van der Waals surface area (Å²) in [4.78, 5) is 10.5. The van der Waals surface area contributed by atoms with Gasteiger partial charge in [-0.1, -0.05) is 13.8 Å². The van der Waals surface area contributed by atoms with Gasteiger partial charge in [-0.05, 0) is 25.7 Å². The molecule has 0 saturated carbocycles. The van der Waals surface area contributed by atoms with Crippen LogP contribution in [0, 0.1) is 11.8 Å². The minimum Gasteiger partial charge on any atom is -0.481 e. The van der Waals surface area contributed by atoms with Crippen LogP contribution in [0.25, 0.3) is 0 Å². The summed E-state index contributed by atoms with van der Waals surface area (Å²) in [7, 11) is 0. The highest BCUT2D eigenvalue weighted by molar-refractivity contribution is 5.67. The van der Waals surface area contributed by atoms with Crippen molar-refractivity contribution in [1.29, 1.82) is 0 Å². The van der Waals surface area contributed by atoms with Gasteiger partial charge >= 0.3 is 5.97 Å². The Hall–Kier alpha value is -0.570. The first-order valence-electron chi connectivity index (χ1n) is 4.25. The molecule has 3 N–H and O–H groups in total. The van der Waals surface area contributed by atoms with Crippen molar-refractivity contribution in [3.8, 4) is 0 Å². The molecule has 12 heavy (non-hydrogen) atoms. The molecule has 0 aromatic rings. The van der Waals surface area contributed by atoms with Crippen LogP contribution in [-0.4, -0.2) is 16.6 Å². The van der Waals surface area contributed by atoms with E-state index < -0.39 is 11.5 Å². The largest absolute Gasteiger partial charge is 0.481 e. The van der Waals surface area contributed by atoms with Crippen LogP contribution in [0.4, 0.5) is 0 Å². The Labute approximate surface area is 74.0 Å². The molecule has 72 valence electrons. The number of rotatable bonds is 4. The highest BCUT2D eigenvalue weighted by Gasteiger charge is 2.29. The monoisotopic (exact) mass is 173 g/mol. The molecule has 0 heterocycles. The van der Waals surface area contributed by atoms with Gasteiger partial charge in [0.2, 0.25) is 0 Å². The Bertz CT molecular complexity index is 158. The van der Waals surface area contributed by atoms with E-state index in [0.29, 0.717) is 5.92 Å². The predicted molar refractivity (Wildman–Crippen MR) is 48.8 cm³/mol. The zero-order valence-electron chi connectivity index (χ0n) is 8.29. The van der Waals surface area contributed by atoms with Gasteiger partial charge in [0, 0.05) is 5.54 Å². The van der Waals surface area contributed by atoms with E-state index in [4.69, 9.17) is 10.8 Å². The van der Waals surface area contributed by atoms with E-state index in [1.165, 1.54) is 0 Å². The quantitative estimate of drug-likeness (QED) is 0.676. The first-order chi connectivity index (χ1) is 5.25. The van der Waals surface area contributed by atoms with Gasteiger partial charge in [-0.2, -0.15) is 0 Å². The smallest absolute Gasteiger partial charge is 0.303 e. The van der Waals surface area contributed by atoms with Crippen LogP contribution in [0.2, 0.25) is 0 Å². The lowest BCUT2D eigenvalue weighted by atomic mass is 9.78. The summed E-state index contributed by atoms with van der Waals surface area (Å²) in [6, 6.07) is 0. The molecule has 1 atom stereocenters. The van der Waals surface area contributed by atoms with Crippen molar-refractivity contribution in [1.82, 2.24) is 0 Å². The van der Waals surface area contributed by atoms with Crippen molar-refractivity contribution in [2.24, 2.45) is 17.6 Å². The van der Waals surface area contributed by atoms with Crippen molar-refractivity contribution in [2.75, 3.05) is 0 Å². The Kier molecular flexibility index (Phi) is 3.71. The van der Waals surface area contributed by atoms with Crippen molar-refractivity contribution < 1.29 is 9.90 Å². The average molecular weight is 173 g/mol. The highest BCUT2D eigenvalue weighted by Crippen LogP contribution is 2.25. The third-order valence-electron chi connectivity index (χ3n) is 2.15. The number of hydrogen-bond donors (Lipinski definition) is 2. The maximum atomic E-state index is 10.5. The lowest BCUT2D eigenvalue weighted by Gasteiger charge is -2.32. The van der Waals surface area contributed by atoms with Crippen molar-refractivity contribution in [3.05, 3.63) is 0 Å². The molecule has 0 rings (SSSR count). The first kappa shape index (κ1) is 11.4. The summed E-state index contributed by atoms with van der Waals surface area (Å²) in [6.07, 6.45) is 0.154. The summed E-state index contributed by atoms with van der Waals surface area (Å²) in [5.74, 6) is -0.427. The van der Waals surface area contributed by atoms with Crippen LogP contribution in [0.1, 0.15) is 34.1 Å². The van der Waals surface area contributed by atoms with E-state index >= 15 is 0 Å². The van der Waals surface area contributed by atoms with Gasteiger partial charge in [0.25, 0.3) is 0 Å². The molecule has 0 radical (unpaired) electrons. The predicted octanol–water partition coefficient (Wildman–Crippen LogP) is 1.47. The topological polar surface area (TPSA) is 63.3 Å². The second-order valence-electron chi connectivity index (χ2n) is 4.27.